The first kappa shape index (κ1) is 13.7. The maximum atomic E-state index is 12.9. The van der Waals surface area contributed by atoms with E-state index in [4.69, 9.17) is 10.00 Å². The number of nitrogens with zero attached hydrogens (tertiary/aromatic N) is 1. The van der Waals surface area contributed by atoms with Crippen molar-refractivity contribution >= 4 is 0 Å². The van der Waals surface area contributed by atoms with E-state index in [0.717, 1.165) is 25.6 Å². The van der Waals surface area contributed by atoms with Gasteiger partial charge in [-0.25, -0.2) is 0 Å². The van der Waals surface area contributed by atoms with Gasteiger partial charge in [0.1, 0.15) is 5.75 Å². The van der Waals surface area contributed by atoms with Crippen molar-refractivity contribution in [1.29, 1.82) is 5.26 Å². The maximum absolute atomic E-state index is 12.9. The Bertz CT molecular complexity index is 488. The van der Waals surface area contributed by atoms with E-state index in [1.54, 1.807) is 6.07 Å². The largest absolute Gasteiger partial charge is 0.493 e. The van der Waals surface area contributed by atoms with Gasteiger partial charge < -0.3 is 10.1 Å². The first-order valence-electron chi connectivity index (χ1n) is 5.95. The van der Waals surface area contributed by atoms with Crippen LogP contribution >= 0.6 is 0 Å². The summed E-state index contributed by atoms with van der Waals surface area (Å²) in [4.78, 5) is 0. The second kappa shape index (κ2) is 5.49. The molecule has 1 saturated heterocycles. The fourth-order valence-corrected chi connectivity index (χ4v) is 2.01. The molecule has 1 aliphatic rings. The lowest BCUT2D eigenvalue weighted by molar-refractivity contribution is -0.139. The Morgan fingerprint density at radius 3 is 2.79 bits per heavy atom. The summed E-state index contributed by atoms with van der Waals surface area (Å²) in [6.07, 6.45) is -3.62. The van der Waals surface area contributed by atoms with Gasteiger partial charge in [-0.15, -0.1) is 0 Å². The molecule has 0 radical (unpaired) electrons. The van der Waals surface area contributed by atoms with Gasteiger partial charge in [-0.05, 0) is 31.2 Å². The van der Waals surface area contributed by atoms with Crippen molar-refractivity contribution in [3.8, 4) is 11.8 Å². The van der Waals surface area contributed by atoms with Crippen LogP contribution in [0.5, 0.6) is 5.75 Å². The molecule has 1 atom stereocenters. The molecule has 3 nitrogen and oxygen atoms in total. The standard InChI is InChI=1S/C13H13F3N2O/c14-13(15,16)11-5-9(6-17)1-2-12(11)19-8-10-3-4-18-7-10/h1-2,5,10,18H,3-4,7-8H2. The monoisotopic (exact) mass is 270 g/mol. The summed E-state index contributed by atoms with van der Waals surface area (Å²) in [6, 6.07) is 5.06. The Labute approximate surface area is 109 Å². The number of ether oxygens (including phenoxy) is 1. The van der Waals surface area contributed by atoms with Crippen LogP contribution in [0.4, 0.5) is 13.2 Å². The molecule has 0 spiro atoms. The lowest BCUT2D eigenvalue weighted by atomic mass is 10.1. The van der Waals surface area contributed by atoms with E-state index in [1.807, 2.05) is 0 Å². The number of rotatable bonds is 3. The molecule has 19 heavy (non-hydrogen) atoms. The molecule has 0 aromatic heterocycles. The smallest absolute Gasteiger partial charge is 0.420 e. The molecule has 6 heteroatoms. The lowest BCUT2D eigenvalue weighted by Crippen LogP contribution is -2.17. The SMILES string of the molecule is N#Cc1ccc(OCC2CCNC2)c(C(F)(F)F)c1. The molecule has 1 aliphatic heterocycles. The Hall–Kier alpha value is -1.74. The second-order valence-electron chi connectivity index (χ2n) is 4.49. The molecule has 1 aromatic rings. The molecule has 102 valence electrons. The number of alkyl halides is 3. The third kappa shape index (κ3) is 3.38. The van der Waals surface area contributed by atoms with Gasteiger partial charge >= 0.3 is 6.18 Å². The highest BCUT2D eigenvalue weighted by Gasteiger charge is 2.35. The number of hydrogen-bond acceptors (Lipinski definition) is 3. The Morgan fingerprint density at radius 2 is 2.21 bits per heavy atom. The fraction of sp³-hybridized carbons (Fsp3) is 0.462. The number of hydrogen-bond donors (Lipinski definition) is 1. The summed E-state index contributed by atoms with van der Waals surface area (Å²) < 4.78 is 43.9. The fourth-order valence-electron chi connectivity index (χ4n) is 2.01. The minimum absolute atomic E-state index is 0.0257. The summed E-state index contributed by atoms with van der Waals surface area (Å²) in [6.45, 7) is 1.88. The van der Waals surface area contributed by atoms with Gasteiger partial charge in [-0.3, -0.25) is 0 Å². The number of nitriles is 1. The quantitative estimate of drug-likeness (QED) is 0.918. The molecule has 0 amide bonds. The van der Waals surface area contributed by atoms with Gasteiger partial charge in [0.05, 0.1) is 23.8 Å². The molecule has 1 N–H and O–H groups in total. The van der Waals surface area contributed by atoms with Crippen molar-refractivity contribution in [3.05, 3.63) is 29.3 Å². The van der Waals surface area contributed by atoms with Crippen molar-refractivity contribution in [3.63, 3.8) is 0 Å². The third-order valence-electron chi connectivity index (χ3n) is 3.05. The topological polar surface area (TPSA) is 45.0 Å². The van der Waals surface area contributed by atoms with Crippen LogP contribution in [0.1, 0.15) is 17.5 Å². The molecule has 1 aromatic carbocycles. The van der Waals surface area contributed by atoms with Crippen LogP contribution in [-0.2, 0) is 6.18 Å². The summed E-state index contributed by atoms with van der Waals surface area (Å²) in [5.74, 6) is 0.0233. The van der Waals surface area contributed by atoms with Crippen LogP contribution in [0.2, 0.25) is 0 Å². The Kier molecular flexibility index (Phi) is 3.96. The highest BCUT2D eigenvalue weighted by atomic mass is 19.4. The minimum Gasteiger partial charge on any atom is -0.493 e. The van der Waals surface area contributed by atoms with Crippen molar-refractivity contribution in [2.75, 3.05) is 19.7 Å². The minimum atomic E-state index is -4.52. The third-order valence-corrected chi connectivity index (χ3v) is 3.05. The molecule has 1 heterocycles. The zero-order valence-corrected chi connectivity index (χ0v) is 10.1. The number of halogens is 3. The second-order valence-corrected chi connectivity index (χ2v) is 4.49. The van der Waals surface area contributed by atoms with Gasteiger partial charge in [0.15, 0.2) is 0 Å². The Morgan fingerprint density at radius 1 is 1.42 bits per heavy atom. The highest BCUT2D eigenvalue weighted by molar-refractivity contribution is 5.43. The molecule has 0 bridgehead atoms. The van der Waals surface area contributed by atoms with Crippen LogP contribution in [0.3, 0.4) is 0 Å². The summed E-state index contributed by atoms with van der Waals surface area (Å²) >= 11 is 0. The summed E-state index contributed by atoms with van der Waals surface area (Å²) in [7, 11) is 0. The average molecular weight is 270 g/mol. The zero-order valence-electron chi connectivity index (χ0n) is 10.1. The van der Waals surface area contributed by atoms with Crippen molar-refractivity contribution in [2.45, 2.75) is 12.6 Å². The maximum Gasteiger partial charge on any atom is 0.420 e. The van der Waals surface area contributed by atoms with Crippen LogP contribution in [-0.4, -0.2) is 19.7 Å². The van der Waals surface area contributed by atoms with Crippen LogP contribution in [0.25, 0.3) is 0 Å². The van der Waals surface area contributed by atoms with Gasteiger partial charge in [-0.1, -0.05) is 0 Å². The lowest BCUT2D eigenvalue weighted by Gasteiger charge is -2.16. The molecule has 0 saturated carbocycles. The molecule has 2 rings (SSSR count). The van der Waals surface area contributed by atoms with E-state index >= 15 is 0 Å². The van der Waals surface area contributed by atoms with E-state index in [2.05, 4.69) is 5.32 Å². The number of benzene rings is 1. The summed E-state index contributed by atoms with van der Waals surface area (Å²) in [5, 5.41) is 11.8. The van der Waals surface area contributed by atoms with Crippen molar-refractivity contribution in [1.82, 2.24) is 5.32 Å². The normalized spacial score (nSPS) is 19.2. The zero-order chi connectivity index (χ0) is 13.9. The van der Waals surface area contributed by atoms with E-state index in [0.29, 0.717) is 0 Å². The van der Waals surface area contributed by atoms with Gasteiger partial charge in [-0.2, -0.15) is 18.4 Å². The van der Waals surface area contributed by atoms with Crippen LogP contribution < -0.4 is 10.1 Å². The van der Waals surface area contributed by atoms with Gasteiger partial charge in [0.25, 0.3) is 0 Å². The molecule has 1 fully saturated rings. The molecular weight excluding hydrogens is 257 g/mol. The van der Waals surface area contributed by atoms with Crippen molar-refractivity contribution < 1.29 is 17.9 Å². The first-order chi connectivity index (χ1) is 9.00. The first-order valence-corrected chi connectivity index (χ1v) is 5.95. The van der Waals surface area contributed by atoms with E-state index in [1.165, 1.54) is 12.1 Å². The van der Waals surface area contributed by atoms with E-state index in [9.17, 15) is 13.2 Å². The molecule has 0 aliphatic carbocycles. The van der Waals surface area contributed by atoms with Crippen molar-refractivity contribution in [2.24, 2.45) is 5.92 Å². The predicted octanol–water partition coefficient (Wildman–Crippen LogP) is 2.57. The van der Waals surface area contributed by atoms with Gasteiger partial charge in [0, 0.05) is 12.5 Å². The Balaban J connectivity index is 2.16. The highest BCUT2D eigenvalue weighted by Crippen LogP contribution is 2.37. The van der Waals surface area contributed by atoms with Crippen LogP contribution in [0, 0.1) is 17.2 Å². The van der Waals surface area contributed by atoms with E-state index in [-0.39, 0.29) is 23.8 Å². The number of nitrogens with one attached hydrogen (secondary N) is 1. The van der Waals surface area contributed by atoms with Crippen LogP contribution in [0.15, 0.2) is 18.2 Å². The summed E-state index contributed by atoms with van der Waals surface area (Å²) in [5.41, 5.74) is -0.917. The molecule has 1 unspecified atom stereocenters. The predicted molar refractivity (Wildman–Crippen MR) is 62.6 cm³/mol. The van der Waals surface area contributed by atoms with Gasteiger partial charge in [0.2, 0.25) is 0 Å². The average Bonchev–Trinajstić information content (AvgIpc) is 2.88. The van der Waals surface area contributed by atoms with E-state index < -0.39 is 11.7 Å². The molecular formula is C13H13F3N2O.